The fourth-order valence-corrected chi connectivity index (χ4v) is 3.89. The van der Waals surface area contributed by atoms with Crippen LogP contribution in [0.3, 0.4) is 0 Å². The summed E-state index contributed by atoms with van der Waals surface area (Å²) < 4.78 is 26.4. The van der Waals surface area contributed by atoms with Gasteiger partial charge in [0.1, 0.15) is 5.82 Å². The monoisotopic (exact) mass is 445 g/mol. The summed E-state index contributed by atoms with van der Waals surface area (Å²) in [6.45, 7) is 2.30. The van der Waals surface area contributed by atoms with Gasteiger partial charge in [-0.1, -0.05) is 43.3 Å². The maximum atomic E-state index is 13.8. The highest BCUT2D eigenvalue weighted by Gasteiger charge is 2.19. The van der Waals surface area contributed by atoms with Crippen LogP contribution in [0.1, 0.15) is 34.0 Å². The maximum absolute atomic E-state index is 13.8. The van der Waals surface area contributed by atoms with Crippen LogP contribution in [0.15, 0.2) is 71.7 Å². The zero-order chi connectivity index (χ0) is 23.5. The highest BCUT2D eigenvalue weighted by Crippen LogP contribution is 2.31. The van der Waals surface area contributed by atoms with Crippen molar-refractivity contribution in [2.24, 2.45) is 0 Å². The Kier molecular flexibility index (Phi) is 6.27. The first kappa shape index (κ1) is 22.3. The number of ketones is 1. The van der Waals surface area contributed by atoms with E-state index in [0.717, 1.165) is 12.0 Å². The molecule has 0 aliphatic carbocycles. The molecule has 0 aliphatic heterocycles. The van der Waals surface area contributed by atoms with Gasteiger partial charge in [0.15, 0.2) is 17.3 Å². The number of carbonyl (C=O) groups is 1. The summed E-state index contributed by atoms with van der Waals surface area (Å²) in [4.78, 5) is 26.7. The van der Waals surface area contributed by atoms with E-state index in [1.807, 2.05) is 19.1 Å². The van der Waals surface area contributed by atoms with Crippen LogP contribution >= 0.6 is 0 Å². The van der Waals surface area contributed by atoms with Gasteiger partial charge in [-0.05, 0) is 35.7 Å². The number of halogens is 1. The molecule has 5 nitrogen and oxygen atoms in total. The van der Waals surface area contributed by atoms with Gasteiger partial charge in [0.05, 0.1) is 30.7 Å². The fourth-order valence-electron chi connectivity index (χ4n) is 3.89. The van der Waals surface area contributed by atoms with Crippen LogP contribution in [0.4, 0.5) is 4.39 Å². The molecule has 1 heterocycles. The summed E-state index contributed by atoms with van der Waals surface area (Å²) in [5, 5.41) is 0.320. The van der Waals surface area contributed by atoms with Crippen molar-refractivity contribution in [3.8, 4) is 11.5 Å². The number of methoxy groups -OCH3 is 2. The first-order valence-electron chi connectivity index (χ1n) is 10.6. The molecule has 33 heavy (non-hydrogen) atoms. The third kappa shape index (κ3) is 4.37. The highest BCUT2D eigenvalue weighted by molar-refractivity contribution is 6.10. The minimum Gasteiger partial charge on any atom is -0.493 e. The average molecular weight is 445 g/mol. The Morgan fingerprint density at radius 1 is 0.939 bits per heavy atom. The molecule has 4 aromatic rings. The predicted molar refractivity (Wildman–Crippen MR) is 126 cm³/mol. The second-order valence-electron chi connectivity index (χ2n) is 7.73. The number of benzene rings is 3. The van der Waals surface area contributed by atoms with E-state index in [2.05, 4.69) is 0 Å². The van der Waals surface area contributed by atoms with Crippen molar-refractivity contribution in [2.45, 2.75) is 19.9 Å². The Bertz CT molecular complexity index is 1390. The molecule has 0 amide bonds. The molecular weight excluding hydrogens is 421 g/mol. The van der Waals surface area contributed by atoms with E-state index in [-0.39, 0.29) is 23.7 Å². The van der Waals surface area contributed by atoms with Gasteiger partial charge < -0.3 is 14.0 Å². The Labute approximate surface area is 191 Å². The number of aromatic nitrogens is 1. The van der Waals surface area contributed by atoms with E-state index in [1.165, 1.54) is 32.5 Å². The molecule has 0 fully saturated rings. The van der Waals surface area contributed by atoms with Crippen molar-refractivity contribution in [3.63, 3.8) is 0 Å². The molecule has 0 saturated heterocycles. The molecule has 0 aliphatic rings. The molecule has 0 spiro atoms. The topological polar surface area (TPSA) is 57.5 Å². The Balaban J connectivity index is 1.93. The van der Waals surface area contributed by atoms with Gasteiger partial charge in [-0.25, -0.2) is 4.39 Å². The first-order chi connectivity index (χ1) is 15.9. The second kappa shape index (κ2) is 9.28. The SMILES string of the molecule is CCc1ccc(C(=O)c2cn(Cc3cccc(F)c3)c3cc(OC)c(OC)cc3c2=O)cc1. The first-order valence-corrected chi connectivity index (χ1v) is 10.6. The third-order valence-electron chi connectivity index (χ3n) is 5.70. The Morgan fingerprint density at radius 3 is 2.27 bits per heavy atom. The lowest BCUT2D eigenvalue weighted by Crippen LogP contribution is -2.20. The van der Waals surface area contributed by atoms with Crippen LogP contribution in [0, 0.1) is 5.82 Å². The van der Waals surface area contributed by atoms with Gasteiger partial charge in [0.25, 0.3) is 0 Å². The van der Waals surface area contributed by atoms with Crippen LogP contribution < -0.4 is 14.9 Å². The number of rotatable bonds is 7. The van der Waals surface area contributed by atoms with E-state index >= 15 is 0 Å². The number of pyridine rings is 1. The fraction of sp³-hybridized carbons (Fsp3) is 0.185. The molecule has 168 valence electrons. The highest BCUT2D eigenvalue weighted by atomic mass is 19.1. The summed E-state index contributed by atoms with van der Waals surface area (Å²) >= 11 is 0. The van der Waals surface area contributed by atoms with Crippen LogP contribution in [0.5, 0.6) is 11.5 Å². The summed E-state index contributed by atoms with van der Waals surface area (Å²) in [6.07, 6.45) is 2.39. The lowest BCUT2D eigenvalue weighted by atomic mass is 10.00. The zero-order valence-corrected chi connectivity index (χ0v) is 18.7. The minimum atomic E-state index is -0.397. The summed E-state index contributed by atoms with van der Waals surface area (Å²) in [6, 6.07) is 16.7. The van der Waals surface area contributed by atoms with E-state index in [0.29, 0.717) is 33.5 Å². The van der Waals surface area contributed by atoms with Gasteiger partial charge in [0, 0.05) is 24.4 Å². The van der Waals surface area contributed by atoms with Gasteiger partial charge in [0.2, 0.25) is 5.43 Å². The quantitative estimate of drug-likeness (QED) is 0.376. The molecule has 0 bridgehead atoms. The van der Waals surface area contributed by atoms with Crippen molar-refractivity contribution in [2.75, 3.05) is 14.2 Å². The average Bonchev–Trinajstić information content (AvgIpc) is 2.84. The van der Waals surface area contributed by atoms with Crippen molar-refractivity contribution >= 4 is 16.7 Å². The number of hydrogen-bond acceptors (Lipinski definition) is 4. The van der Waals surface area contributed by atoms with E-state index < -0.39 is 5.43 Å². The van der Waals surface area contributed by atoms with Crippen LogP contribution in [0.25, 0.3) is 10.9 Å². The van der Waals surface area contributed by atoms with Crippen molar-refractivity contribution in [3.05, 3.63) is 105 Å². The van der Waals surface area contributed by atoms with Crippen molar-refractivity contribution in [1.29, 1.82) is 0 Å². The summed E-state index contributed by atoms with van der Waals surface area (Å²) in [5.74, 6) is 0.111. The second-order valence-corrected chi connectivity index (χ2v) is 7.73. The predicted octanol–water partition coefficient (Wildman–Crippen LogP) is 5.00. The van der Waals surface area contributed by atoms with Crippen LogP contribution in [-0.2, 0) is 13.0 Å². The Hall–Kier alpha value is -3.93. The summed E-state index contributed by atoms with van der Waals surface area (Å²) in [7, 11) is 3.00. The number of fused-ring (bicyclic) bond motifs is 1. The van der Waals surface area contributed by atoms with Crippen molar-refractivity contribution in [1.82, 2.24) is 4.57 Å². The summed E-state index contributed by atoms with van der Waals surface area (Å²) in [5.41, 5.74) is 2.42. The van der Waals surface area contributed by atoms with Crippen LogP contribution in [-0.4, -0.2) is 24.6 Å². The van der Waals surface area contributed by atoms with Crippen LogP contribution in [0.2, 0.25) is 0 Å². The molecule has 0 radical (unpaired) electrons. The third-order valence-corrected chi connectivity index (χ3v) is 5.70. The minimum absolute atomic E-state index is 0.0374. The number of aryl methyl sites for hydroxylation is 1. The molecule has 4 rings (SSSR count). The molecule has 6 heteroatoms. The van der Waals surface area contributed by atoms with E-state index in [9.17, 15) is 14.0 Å². The lowest BCUT2D eigenvalue weighted by Gasteiger charge is -2.16. The molecule has 1 aromatic heterocycles. The standard InChI is InChI=1S/C27H24FNO4/c1-4-17-8-10-19(11-9-17)26(30)22-16-29(15-18-6-5-7-20(28)12-18)23-14-25(33-3)24(32-2)13-21(23)27(22)31/h5-14,16H,4,15H2,1-3H3. The van der Waals surface area contributed by atoms with Gasteiger partial charge >= 0.3 is 0 Å². The normalized spacial score (nSPS) is 10.9. The van der Waals surface area contributed by atoms with Gasteiger partial charge in [-0.3, -0.25) is 9.59 Å². The number of nitrogens with zero attached hydrogens (tertiary/aromatic N) is 1. The van der Waals surface area contributed by atoms with Crippen molar-refractivity contribution < 1.29 is 18.7 Å². The Morgan fingerprint density at radius 2 is 1.64 bits per heavy atom. The molecule has 0 N–H and O–H groups in total. The lowest BCUT2D eigenvalue weighted by molar-refractivity contribution is 0.103. The maximum Gasteiger partial charge on any atom is 0.200 e. The zero-order valence-electron chi connectivity index (χ0n) is 18.7. The number of carbonyl (C=O) groups excluding carboxylic acids is 1. The number of ether oxygens (including phenoxy) is 2. The van der Waals surface area contributed by atoms with E-state index in [4.69, 9.17) is 9.47 Å². The smallest absolute Gasteiger partial charge is 0.200 e. The van der Waals surface area contributed by atoms with Gasteiger partial charge in [-0.2, -0.15) is 0 Å². The van der Waals surface area contributed by atoms with E-state index in [1.54, 1.807) is 41.0 Å². The largest absolute Gasteiger partial charge is 0.493 e. The molecule has 0 atom stereocenters. The number of hydrogen-bond donors (Lipinski definition) is 0. The van der Waals surface area contributed by atoms with Gasteiger partial charge in [-0.15, -0.1) is 0 Å². The molecule has 3 aromatic carbocycles. The molecule has 0 saturated carbocycles. The molecular formula is C27H24FNO4. The molecule has 0 unspecified atom stereocenters.